The molecule has 1 amide bonds. The fraction of sp³-hybridized carbons (Fsp3) is 0.364. The molecular weight excluding hydrogens is 272 g/mol. The first-order chi connectivity index (χ1) is 8.68. The van der Waals surface area contributed by atoms with Crippen molar-refractivity contribution in [2.75, 3.05) is 12.3 Å². The van der Waals surface area contributed by atoms with Crippen molar-refractivity contribution in [1.29, 1.82) is 0 Å². The van der Waals surface area contributed by atoms with Crippen LogP contribution in [-0.2, 0) is 9.59 Å². The van der Waals surface area contributed by atoms with Crippen LogP contribution in [-0.4, -0.2) is 34.3 Å². The van der Waals surface area contributed by atoms with Gasteiger partial charge >= 0.3 is 5.97 Å². The Morgan fingerprint density at radius 1 is 1.33 bits per heavy atom. The van der Waals surface area contributed by atoms with Crippen molar-refractivity contribution in [1.82, 2.24) is 10.3 Å². The van der Waals surface area contributed by atoms with Crippen molar-refractivity contribution >= 4 is 33.5 Å². The van der Waals surface area contributed by atoms with Gasteiger partial charge in [-0.25, -0.2) is 4.98 Å². The second-order valence-electron chi connectivity index (χ2n) is 3.32. The van der Waals surface area contributed by atoms with Crippen molar-refractivity contribution in [2.45, 2.75) is 17.9 Å². The molecule has 0 spiro atoms. The third-order valence-electron chi connectivity index (χ3n) is 1.86. The number of aliphatic carboxylic acids is 1. The fourth-order valence-electron chi connectivity index (χ4n) is 1.04. The van der Waals surface area contributed by atoms with Crippen LogP contribution in [0.15, 0.2) is 29.4 Å². The number of aromatic nitrogens is 1. The topological polar surface area (TPSA) is 79.3 Å². The van der Waals surface area contributed by atoms with Crippen molar-refractivity contribution in [3.05, 3.63) is 24.4 Å². The first kappa shape index (κ1) is 14.8. The smallest absolute Gasteiger partial charge is 0.303 e. The highest BCUT2D eigenvalue weighted by molar-refractivity contribution is 8.76. The molecule has 7 heteroatoms. The molecule has 1 heterocycles. The molecule has 1 aromatic rings. The zero-order valence-corrected chi connectivity index (χ0v) is 11.3. The molecule has 0 saturated carbocycles. The van der Waals surface area contributed by atoms with Crippen molar-refractivity contribution in [3.63, 3.8) is 0 Å². The second kappa shape index (κ2) is 8.82. The highest BCUT2D eigenvalue weighted by atomic mass is 33.1. The Kier molecular flexibility index (Phi) is 7.28. The Morgan fingerprint density at radius 2 is 2.17 bits per heavy atom. The van der Waals surface area contributed by atoms with Crippen LogP contribution in [0.5, 0.6) is 0 Å². The van der Waals surface area contributed by atoms with Gasteiger partial charge in [-0.05, 0) is 22.9 Å². The lowest BCUT2D eigenvalue weighted by Crippen LogP contribution is -2.25. The Labute approximate surface area is 113 Å². The Morgan fingerprint density at radius 3 is 2.83 bits per heavy atom. The van der Waals surface area contributed by atoms with Gasteiger partial charge in [-0.15, -0.1) is 0 Å². The van der Waals surface area contributed by atoms with Gasteiger partial charge in [0.05, 0.1) is 6.42 Å². The monoisotopic (exact) mass is 286 g/mol. The average Bonchev–Trinajstić information content (AvgIpc) is 2.37. The summed E-state index contributed by atoms with van der Waals surface area (Å²) >= 11 is 0. The molecule has 0 aliphatic heterocycles. The maximum absolute atomic E-state index is 11.2. The van der Waals surface area contributed by atoms with Crippen molar-refractivity contribution in [2.24, 2.45) is 0 Å². The predicted octanol–water partition coefficient (Wildman–Crippen LogP) is 1.80. The lowest BCUT2D eigenvalue weighted by Gasteiger charge is -2.03. The number of amides is 1. The summed E-state index contributed by atoms with van der Waals surface area (Å²) < 4.78 is 0. The molecule has 2 N–H and O–H groups in total. The number of carbonyl (C=O) groups excluding carboxylic acids is 1. The van der Waals surface area contributed by atoms with E-state index in [1.165, 1.54) is 0 Å². The number of pyridine rings is 1. The van der Waals surface area contributed by atoms with Gasteiger partial charge < -0.3 is 10.4 Å². The summed E-state index contributed by atoms with van der Waals surface area (Å²) in [5.74, 6) is -0.425. The van der Waals surface area contributed by atoms with Crippen LogP contribution >= 0.6 is 21.6 Å². The van der Waals surface area contributed by atoms with E-state index in [-0.39, 0.29) is 18.7 Å². The molecule has 98 valence electrons. The van der Waals surface area contributed by atoms with E-state index in [0.29, 0.717) is 6.54 Å². The molecule has 0 bridgehead atoms. The average molecular weight is 286 g/mol. The quantitative estimate of drug-likeness (QED) is 0.560. The Bertz CT molecular complexity index is 387. The van der Waals surface area contributed by atoms with Gasteiger partial charge in [0.2, 0.25) is 5.91 Å². The molecule has 1 aromatic heterocycles. The zero-order chi connectivity index (χ0) is 13.2. The maximum Gasteiger partial charge on any atom is 0.303 e. The first-order valence-electron chi connectivity index (χ1n) is 5.37. The molecule has 0 radical (unpaired) electrons. The number of rotatable bonds is 8. The number of carboxylic acid groups (broad SMARTS) is 1. The van der Waals surface area contributed by atoms with E-state index < -0.39 is 5.97 Å². The maximum atomic E-state index is 11.2. The van der Waals surface area contributed by atoms with Crippen molar-refractivity contribution < 1.29 is 14.7 Å². The Balaban J connectivity index is 2.02. The van der Waals surface area contributed by atoms with Gasteiger partial charge in [0.1, 0.15) is 5.03 Å². The van der Waals surface area contributed by atoms with Crippen LogP contribution in [0.2, 0.25) is 0 Å². The number of carbonyl (C=O) groups is 2. The second-order valence-corrected chi connectivity index (χ2v) is 5.75. The van der Waals surface area contributed by atoms with Crippen LogP contribution in [0.3, 0.4) is 0 Å². The first-order valence-corrected chi connectivity index (χ1v) is 7.69. The van der Waals surface area contributed by atoms with E-state index >= 15 is 0 Å². The summed E-state index contributed by atoms with van der Waals surface area (Å²) in [7, 11) is 3.15. The molecule has 0 fully saturated rings. The third kappa shape index (κ3) is 7.18. The lowest BCUT2D eigenvalue weighted by molar-refractivity contribution is -0.138. The minimum atomic E-state index is -0.953. The molecule has 0 saturated heterocycles. The van der Waals surface area contributed by atoms with Crippen molar-refractivity contribution in [3.8, 4) is 0 Å². The lowest BCUT2D eigenvalue weighted by atomic mass is 10.3. The SMILES string of the molecule is O=C(O)CCC(=O)NCCSSc1ccccn1. The van der Waals surface area contributed by atoms with Crippen LogP contribution in [0.25, 0.3) is 0 Å². The minimum Gasteiger partial charge on any atom is -0.481 e. The molecular formula is C11H14N2O3S2. The number of hydrogen-bond donors (Lipinski definition) is 2. The van der Waals surface area contributed by atoms with Crippen LogP contribution in [0.4, 0.5) is 0 Å². The largest absolute Gasteiger partial charge is 0.481 e. The fourth-order valence-corrected chi connectivity index (χ4v) is 2.82. The number of carboxylic acids is 1. The molecule has 0 aliphatic carbocycles. The summed E-state index contributed by atoms with van der Waals surface area (Å²) in [4.78, 5) is 25.6. The normalized spacial score (nSPS) is 10.0. The minimum absolute atomic E-state index is 0.0351. The zero-order valence-electron chi connectivity index (χ0n) is 9.67. The van der Waals surface area contributed by atoms with E-state index in [4.69, 9.17) is 5.11 Å². The summed E-state index contributed by atoms with van der Waals surface area (Å²) in [6, 6.07) is 5.70. The molecule has 0 aliphatic rings. The molecule has 18 heavy (non-hydrogen) atoms. The molecule has 1 rings (SSSR count). The summed E-state index contributed by atoms with van der Waals surface area (Å²) in [5, 5.41) is 12.0. The van der Waals surface area contributed by atoms with E-state index in [2.05, 4.69) is 10.3 Å². The summed E-state index contributed by atoms with van der Waals surface area (Å²) in [6.45, 7) is 0.531. The van der Waals surface area contributed by atoms with Gasteiger partial charge in [-0.3, -0.25) is 9.59 Å². The van der Waals surface area contributed by atoms with Gasteiger partial charge in [-0.1, -0.05) is 16.9 Å². The van der Waals surface area contributed by atoms with E-state index in [9.17, 15) is 9.59 Å². The van der Waals surface area contributed by atoms with Gasteiger partial charge in [0.25, 0.3) is 0 Å². The van der Waals surface area contributed by atoms with Crippen LogP contribution < -0.4 is 5.32 Å². The highest BCUT2D eigenvalue weighted by Crippen LogP contribution is 2.28. The molecule has 0 atom stereocenters. The molecule has 0 unspecified atom stereocenters. The predicted molar refractivity (Wildman–Crippen MR) is 72.4 cm³/mol. The van der Waals surface area contributed by atoms with Gasteiger partial charge in [-0.2, -0.15) is 0 Å². The van der Waals surface area contributed by atoms with Crippen LogP contribution in [0.1, 0.15) is 12.8 Å². The van der Waals surface area contributed by atoms with Gasteiger partial charge in [0, 0.05) is 24.9 Å². The molecule has 0 aromatic carbocycles. The van der Waals surface area contributed by atoms with E-state index in [1.807, 2.05) is 18.2 Å². The number of hydrogen-bond acceptors (Lipinski definition) is 5. The van der Waals surface area contributed by atoms with E-state index in [1.54, 1.807) is 27.8 Å². The van der Waals surface area contributed by atoms with Gasteiger partial charge in [0.15, 0.2) is 0 Å². The summed E-state index contributed by atoms with van der Waals surface area (Å²) in [5.41, 5.74) is 0. The van der Waals surface area contributed by atoms with Crippen LogP contribution in [0, 0.1) is 0 Å². The third-order valence-corrected chi connectivity index (χ3v) is 4.12. The van der Waals surface area contributed by atoms with E-state index in [0.717, 1.165) is 10.8 Å². The number of nitrogens with one attached hydrogen (secondary N) is 1. The standard InChI is InChI=1S/C11H14N2O3S2/c14-9(4-5-11(15)16)12-7-8-17-18-10-3-1-2-6-13-10/h1-3,6H,4-5,7-8H2,(H,12,14)(H,15,16). The summed E-state index contributed by atoms with van der Waals surface area (Å²) in [6.07, 6.45) is 1.64. The highest BCUT2D eigenvalue weighted by Gasteiger charge is 2.04. The Hall–Kier alpha value is -1.21. The molecule has 5 nitrogen and oxygen atoms in total. The number of nitrogens with zero attached hydrogens (tertiary/aromatic N) is 1.